The summed E-state index contributed by atoms with van der Waals surface area (Å²) >= 11 is 0. The van der Waals surface area contributed by atoms with Gasteiger partial charge in [0.25, 0.3) is 5.56 Å². The Labute approximate surface area is 187 Å². The van der Waals surface area contributed by atoms with Crippen LogP contribution in [0.3, 0.4) is 0 Å². The number of nitrogens with zero attached hydrogens (tertiary/aromatic N) is 1. The molecule has 1 aliphatic heterocycles. The molecule has 1 fully saturated rings. The zero-order valence-electron chi connectivity index (χ0n) is 19.0. The molecule has 0 bridgehead atoms. The van der Waals surface area contributed by atoms with Crippen molar-refractivity contribution in [1.82, 2.24) is 9.88 Å². The molecule has 1 aliphatic carbocycles. The number of aromatic amines is 1. The van der Waals surface area contributed by atoms with Crippen LogP contribution in [0.5, 0.6) is 11.5 Å². The Bertz CT molecular complexity index is 1290. The first-order valence-corrected chi connectivity index (χ1v) is 11.1. The normalized spacial score (nSPS) is 17.9. The molecular weight excluding hydrogens is 404 g/mol. The van der Waals surface area contributed by atoms with Gasteiger partial charge in [0, 0.05) is 18.0 Å². The zero-order chi connectivity index (χ0) is 22.6. The molecule has 1 aromatic heterocycles. The van der Waals surface area contributed by atoms with Crippen molar-refractivity contribution < 1.29 is 14.3 Å². The van der Waals surface area contributed by atoms with E-state index in [0.717, 1.165) is 46.0 Å². The average Bonchev–Trinajstić information content (AvgIpc) is 3.62. The average molecular weight is 433 g/mol. The van der Waals surface area contributed by atoms with Crippen LogP contribution in [0, 0.1) is 19.8 Å². The number of nitrogens with one attached hydrogen (secondary N) is 1. The van der Waals surface area contributed by atoms with E-state index in [0.29, 0.717) is 30.0 Å². The lowest BCUT2D eigenvalue weighted by Crippen LogP contribution is -2.43. The number of amides is 1. The van der Waals surface area contributed by atoms with Crippen molar-refractivity contribution >= 4 is 16.8 Å². The van der Waals surface area contributed by atoms with Crippen molar-refractivity contribution in [1.29, 1.82) is 0 Å². The Balaban J connectivity index is 1.74. The van der Waals surface area contributed by atoms with Crippen molar-refractivity contribution in [2.24, 2.45) is 5.92 Å². The maximum atomic E-state index is 13.4. The van der Waals surface area contributed by atoms with Crippen molar-refractivity contribution in [3.8, 4) is 11.5 Å². The third kappa shape index (κ3) is 3.34. The molecule has 0 spiro atoms. The number of hydrogen-bond donors (Lipinski definition) is 1. The summed E-state index contributed by atoms with van der Waals surface area (Å²) in [4.78, 5) is 31.6. The van der Waals surface area contributed by atoms with E-state index in [1.54, 1.807) is 14.2 Å². The fourth-order valence-electron chi connectivity index (χ4n) is 4.99. The Hall–Kier alpha value is -3.28. The molecule has 1 amide bonds. The number of aromatic nitrogens is 1. The summed E-state index contributed by atoms with van der Waals surface area (Å²) in [6, 6.07) is 9.54. The smallest absolute Gasteiger partial charge is 0.254 e. The molecule has 2 aliphatic rings. The summed E-state index contributed by atoms with van der Waals surface area (Å²) in [5.74, 6) is 1.46. The van der Waals surface area contributed by atoms with Crippen LogP contribution in [0.15, 0.2) is 35.1 Å². The third-order valence-corrected chi connectivity index (χ3v) is 6.70. The molecular formula is C26H28N2O4. The Morgan fingerprint density at radius 1 is 1.00 bits per heavy atom. The monoisotopic (exact) mass is 432 g/mol. The predicted octanol–water partition coefficient (Wildman–Crippen LogP) is 4.05. The fraction of sp³-hybridized carbons (Fsp3) is 0.385. The van der Waals surface area contributed by atoms with Crippen LogP contribution < -0.4 is 15.0 Å². The van der Waals surface area contributed by atoms with E-state index < -0.39 is 6.04 Å². The number of carbonyl (C=O) groups excluding carboxylic acids is 1. The van der Waals surface area contributed by atoms with Gasteiger partial charge in [-0.3, -0.25) is 9.59 Å². The van der Waals surface area contributed by atoms with Crippen LogP contribution in [-0.4, -0.2) is 36.6 Å². The number of aryl methyl sites for hydroxylation is 2. The van der Waals surface area contributed by atoms with Crippen LogP contribution in [0.4, 0.5) is 0 Å². The second-order valence-corrected chi connectivity index (χ2v) is 8.96. The van der Waals surface area contributed by atoms with Gasteiger partial charge in [0.2, 0.25) is 5.91 Å². The number of H-pyrrole nitrogens is 1. The highest BCUT2D eigenvalue weighted by molar-refractivity contribution is 5.85. The highest BCUT2D eigenvalue weighted by Crippen LogP contribution is 2.43. The minimum Gasteiger partial charge on any atom is -0.493 e. The lowest BCUT2D eigenvalue weighted by molar-refractivity contribution is -0.134. The van der Waals surface area contributed by atoms with E-state index in [4.69, 9.17) is 9.47 Å². The molecule has 5 rings (SSSR count). The summed E-state index contributed by atoms with van der Waals surface area (Å²) in [6.45, 7) is 4.63. The van der Waals surface area contributed by atoms with E-state index in [2.05, 4.69) is 17.1 Å². The van der Waals surface area contributed by atoms with Crippen molar-refractivity contribution in [2.45, 2.75) is 39.2 Å². The quantitative estimate of drug-likeness (QED) is 0.675. The van der Waals surface area contributed by atoms with E-state index in [1.807, 2.05) is 36.9 Å². The second-order valence-electron chi connectivity index (χ2n) is 8.96. The van der Waals surface area contributed by atoms with E-state index in [-0.39, 0.29) is 17.4 Å². The summed E-state index contributed by atoms with van der Waals surface area (Å²) in [7, 11) is 3.22. The summed E-state index contributed by atoms with van der Waals surface area (Å²) in [6.07, 6.45) is 2.56. The number of hydrogen-bond acceptors (Lipinski definition) is 4. The van der Waals surface area contributed by atoms with E-state index in [9.17, 15) is 9.59 Å². The molecule has 1 atom stereocenters. The highest BCUT2D eigenvalue weighted by Gasteiger charge is 2.40. The third-order valence-electron chi connectivity index (χ3n) is 6.70. The first kappa shape index (κ1) is 20.6. The molecule has 1 N–H and O–H groups in total. The van der Waals surface area contributed by atoms with Crippen LogP contribution in [0.1, 0.15) is 46.7 Å². The molecule has 1 saturated carbocycles. The first-order valence-electron chi connectivity index (χ1n) is 11.1. The van der Waals surface area contributed by atoms with Gasteiger partial charge < -0.3 is 19.4 Å². The largest absolute Gasteiger partial charge is 0.493 e. The van der Waals surface area contributed by atoms with Gasteiger partial charge in [-0.05, 0) is 79.5 Å². The summed E-state index contributed by atoms with van der Waals surface area (Å²) < 4.78 is 11.1. The number of fused-ring (bicyclic) bond motifs is 2. The Kier molecular flexibility index (Phi) is 4.96. The fourth-order valence-corrected chi connectivity index (χ4v) is 4.99. The molecule has 6 nitrogen and oxygen atoms in total. The lowest BCUT2D eigenvalue weighted by Gasteiger charge is -2.38. The molecule has 0 radical (unpaired) electrons. The van der Waals surface area contributed by atoms with Gasteiger partial charge in [-0.2, -0.15) is 0 Å². The van der Waals surface area contributed by atoms with Crippen LogP contribution in [0.25, 0.3) is 10.9 Å². The minimum atomic E-state index is -0.458. The maximum Gasteiger partial charge on any atom is 0.254 e. The van der Waals surface area contributed by atoms with E-state index >= 15 is 0 Å². The predicted molar refractivity (Wildman–Crippen MR) is 124 cm³/mol. The molecule has 2 aromatic carbocycles. The first-order chi connectivity index (χ1) is 15.4. The Morgan fingerprint density at radius 3 is 2.41 bits per heavy atom. The molecule has 0 unspecified atom stereocenters. The van der Waals surface area contributed by atoms with Crippen LogP contribution in [0.2, 0.25) is 0 Å². The number of carbonyl (C=O) groups is 1. The van der Waals surface area contributed by atoms with Crippen molar-refractivity contribution in [3.05, 3.63) is 68.5 Å². The summed E-state index contributed by atoms with van der Waals surface area (Å²) in [5, 5.41) is 0.975. The minimum absolute atomic E-state index is 0.0724. The lowest BCUT2D eigenvalue weighted by atomic mass is 9.87. The topological polar surface area (TPSA) is 71.6 Å². The maximum absolute atomic E-state index is 13.4. The van der Waals surface area contributed by atoms with E-state index in [1.165, 1.54) is 0 Å². The number of rotatable bonds is 4. The van der Waals surface area contributed by atoms with Gasteiger partial charge in [-0.15, -0.1) is 0 Å². The van der Waals surface area contributed by atoms with Gasteiger partial charge in [0.05, 0.1) is 25.8 Å². The molecule has 0 saturated heterocycles. The van der Waals surface area contributed by atoms with Crippen LogP contribution >= 0.6 is 0 Å². The molecule has 32 heavy (non-hydrogen) atoms. The highest BCUT2D eigenvalue weighted by atomic mass is 16.5. The van der Waals surface area contributed by atoms with Crippen LogP contribution in [-0.2, 0) is 11.2 Å². The number of benzene rings is 2. The molecule has 3 aromatic rings. The van der Waals surface area contributed by atoms with Gasteiger partial charge in [-0.1, -0.05) is 11.6 Å². The Morgan fingerprint density at radius 2 is 1.72 bits per heavy atom. The second kappa shape index (κ2) is 7.69. The standard InChI is InChI=1S/C26H28N2O4/c1-14-9-15(2)23-18(10-14)11-20(25(29)27-23)24-19-13-22(32-4)21(31-3)12-17(19)7-8-28(24)26(30)16-5-6-16/h9-13,16,24H,5-8H2,1-4H3,(H,27,29)/t24-/m1/s1. The molecule has 6 heteroatoms. The van der Waals surface area contributed by atoms with Gasteiger partial charge >= 0.3 is 0 Å². The number of pyridine rings is 1. The molecule has 2 heterocycles. The summed E-state index contributed by atoms with van der Waals surface area (Å²) in [5.41, 5.74) is 5.44. The van der Waals surface area contributed by atoms with Gasteiger partial charge in [-0.25, -0.2) is 0 Å². The van der Waals surface area contributed by atoms with Gasteiger partial charge in [0.15, 0.2) is 11.5 Å². The number of ether oxygens (including phenoxy) is 2. The van der Waals surface area contributed by atoms with Crippen molar-refractivity contribution in [3.63, 3.8) is 0 Å². The van der Waals surface area contributed by atoms with Gasteiger partial charge in [0.1, 0.15) is 0 Å². The zero-order valence-corrected chi connectivity index (χ0v) is 19.0. The van der Waals surface area contributed by atoms with Crippen molar-refractivity contribution in [2.75, 3.05) is 20.8 Å². The SMILES string of the molecule is COc1cc2c(cc1OC)[C@H](c1cc3cc(C)cc(C)c3[nH]c1=O)N(C(=O)C1CC1)CC2. The number of methoxy groups -OCH3 is 2. The molecule has 166 valence electrons.